The maximum absolute atomic E-state index is 13.3. The Balaban J connectivity index is 3.41. The van der Waals surface area contributed by atoms with Crippen LogP contribution in [-0.2, 0) is 82.1 Å². The van der Waals surface area contributed by atoms with Gasteiger partial charge in [-0.25, -0.2) is 21.5 Å². The lowest BCUT2D eigenvalue weighted by atomic mass is 9.89. The Morgan fingerprint density at radius 1 is 0.629 bits per heavy atom. The first-order chi connectivity index (χ1) is 32.8. The van der Waals surface area contributed by atoms with E-state index in [9.17, 15) is 66.6 Å². The van der Waals surface area contributed by atoms with E-state index in [0.29, 0.717) is 24.8 Å². The highest BCUT2D eigenvalue weighted by Crippen LogP contribution is 2.43. The van der Waals surface area contributed by atoms with Gasteiger partial charge in [0.05, 0.1) is 25.4 Å². The summed E-state index contributed by atoms with van der Waals surface area (Å²) >= 11 is 0.426. The van der Waals surface area contributed by atoms with E-state index in [4.69, 9.17) is 18.4 Å². The van der Waals surface area contributed by atoms with Crippen LogP contribution < -0.4 is 5.32 Å². The zero-order chi connectivity index (χ0) is 52.7. The first-order valence-electron chi connectivity index (χ1n) is 24.4. The second-order valence-electron chi connectivity index (χ2n) is 17.6. The lowest BCUT2D eigenvalue weighted by molar-refractivity contribution is -0.197. The number of hydrogen-bond acceptors (Lipinski definition) is 18. The van der Waals surface area contributed by atoms with Gasteiger partial charge in [0.25, 0.3) is 0 Å². The number of rotatable bonds is 45. The average molecular weight is 1110 g/mol. The Labute approximate surface area is 421 Å². The second kappa shape index (κ2) is 35.8. The van der Waals surface area contributed by atoms with Gasteiger partial charge in [0.15, 0.2) is 0 Å². The number of aliphatic carboxylic acids is 1. The van der Waals surface area contributed by atoms with Gasteiger partial charge < -0.3 is 24.6 Å². The third kappa shape index (κ3) is 33.5. The maximum Gasteiger partial charge on any atom is 0.397 e. The highest BCUT2D eigenvalue weighted by Gasteiger charge is 2.59. The molecule has 0 saturated carbocycles. The monoisotopic (exact) mass is 1110 g/mol. The van der Waals surface area contributed by atoms with Crippen LogP contribution in [0.2, 0.25) is 0 Å². The molecular formula is C42H81NO22S5. The molecule has 1 amide bonds. The third-order valence-corrected chi connectivity index (χ3v) is 14.7. The minimum Gasteiger partial charge on any atom is -0.478 e. The average Bonchev–Trinajstić information content (AvgIpc) is 3.24. The molecule has 1 aliphatic rings. The van der Waals surface area contributed by atoms with Crippen LogP contribution in [0.3, 0.4) is 0 Å². The topological polar surface area (TPSA) is 348 Å². The molecule has 28 heteroatoms. The standard InChI is InChI=1S/C42H81NO22S5/c1-4-6-8-10-12-14-16-18-20-22-24-26-28-59-31-35(60-29-27-25-23-21-19-17-15-13-11-9-7-5-2)33-66-42(41(45)46)30-36(63-68(50,51)52)38(43-34(3)44)40(62-42)39(65-70(56,57)58)37(64-69(53,54)55)32-61-67(47,48)49/h35-40H,4-33H2,1-3H3,(H,43,44)(H,45,46)(H,47,48,49)(H,50,51,52)(H,53,54,55)(H,56,57,58)/t35-,36+,37-,38-,39-,40-,42+/m1/s1. The molecule has 0 spiro atoms. The number of carboxylic acid groups (broad SMARTS) is 1. The quantitative estimate of drug-likeness (QED) is 0.0264. The summed E-state index contributed by atoms with van der Waals surface area (Å²) in [5, 5.41) is 12.9. The molecule has 0 radical (unpaired) electrons. The number of amides is 1. The number of unbranched alkanes of at least 4 members (excludes halogenated alkanes) is 22. The van der Waals surface area contributed by atoms with Gasteiger partial charge in [-0.05, 0) is 12.8 Å². The lowest BCUT2D eigenvalue weighted by Gasteiger charge is -2.48. The summed E-state index contributed by atoms with van der Waals surface area (Å²) in [6.07, 6.45) is 14.1. The smallest absolute Gasteiger partial charge is 0.397 e. The zero-order valence-corrected chi connectivity index (χ0v) is 45.0. The van der Waals surface area contributed by atoms with Crippen molar-refractivity contribution in [1.82, 2.24) is 5.32 Å². The molecule has 7 atom stereocenters. The number of nitrogens with one attached hydrogen (secondary N) is 1. The highest BCUT2D eigenvalue weighted by molar-refractivity contribution is 8.01. The van der Waals surface area contributed by atoms with Gasteiger partial charge >= 0.3 is 47.6 Å². The summed E-state index contributed by atoms with van der Waals surface area (Å²) < 4.78 is 170. The Bertz CT molecular complexity index is 1890. The fourth-order valence-corrected chi connectivity index (χ4v) is 11.0. The molecule has 23 nitrogen and oxygen atoms in total. The van der Waals surface area contributed by atoms with E-state index in [1.807, 2.05) is 0 Å². The van der Waals surface area contributed by atoms with Crippen molar-refractivity contribution in [3.8, 4) is 0 Å². The summed E-state index contributed by atoms with van der Waals surface area (Å²) in [5.41, 5.74) is 0. The summed E-state index contributed by atoms with van der Waals surface area (Å²) in [6, 6.07) is -2.19. The van der Waals surface area contributed by atoms with Crippen LogP contribution in [-0.4, -0.2) is 143 Å². The molecule has 6 N–H and O–H groups in total. The lowest BCUT2D eigenvalue weighted by Crippen LogP contribution is -2.68. The molecule has 0 bridgehead atoms. The summed E-state index contributed by atoms with van der Waals surface area (Å²) in [4.78, 5) is 23.0. The summed E-state index contributed by atoms with van der Waals surface area (Å²) in [5.74, 6) is -3.31. The van der Waals surface area contributed by atoms with Crippen molar-refractivity contribution < 1.29 is 97.5 Å². The number of carboxylic acids is 1. The van der Waals surface area contributed by atoms with Gasteiger partial charge in [-0.2, -0.15) is 33.7 Å². The van der Waals surface area contributed by atoms with Crippen molar-refractivity contribution in [2.24, 2.45) is 0 Å². The number of hydrogen-bond donors (Lipinski definition) is 6. The van der Waals surface area contributed by atoms with Gasteiger partial charge in [0, 0.05) is 32.3 Å². The van der Waals surface area contributed by atoms with Crippen LogP contribution in [0.15, 0.2) is 0 Å². The molecular weight excluding hydrogens is 1030 g/mol. The molecule has 1 saturated heterocycles. The minimum absolute atomic E-state index is 0.0619. The van der Waals surface area contributed by atoms with E-state index in [-0.39, 0.29) is 19.0 Å². The molecule has 0 aliphatic carbocycles. The van der Waals surface area contributed by atoms with Crippen molar-refractivity contribution in [3.05, 3.63) is 0 Å². The molecule has 0 unspecified atom stereocenters. The van der Waals surface area contributed by atoms with Gasteiger partial charge in [0.1, 0.15) is 24.4 Å². The zero-order valence-electron chi connectivity index (χ0n) is 40.9. The van der Waals surface area contributed by atoms with E-state index in [1.165, 1.54) is 83.5 Å². The normalized spacial score (nSPS) is 20.5. The molecule has 1 heterocycles. The van der Waals surface area contributed by atoms with Crippen molar-refractivity contribution in [2.75, 3.05) is 32.2 Å². The predicted octanol–water partition coefficient (Wildman–Crippen LogP) is 6.98. The summed E-state index contributed by atoms with van der Waals surface area (Å²) in [7, 11) is -22.8. The van der Waals surface area contributed by atoms with Gasteiger partial charge in [-0.3, -0.25) is 23.0 Å². The SMILES string of the molecule is CCCCCCCCCCCCCCOC[C@H](CS[C@]1(C(=O)O)C[C@H](OS(=O)(=O)O)[C@@H](NC(C)=O)[C@H]([C@H](OS(=O)(=O)O)[C@@H](COS(=O)(=O)O)OS(=O)(=O)O)O1)OCCCCCCCCCCCCCC. The number of carbonyl (C=O) groups excluding carboxylic acids is 1. The molecule has 416 valence electrons. The van der Waals surface area contributed by atoms with Crippen LogP contribution in [0.4, 0.5) is 0 Å². The van der Waals surface area contributed by atoms with E-state index in [2.05, 4.69) is 31.7 Å². The predicted molar refractivity (Wildman–Crippen MR) is 259 cm³/mol. The van der Waals surface area contributed by atoms with Gasteiger partial charge in [-0.15, -0.1) is 11.8 Å². The van der Waals surface area contributed by atoms with Gasteiger partial charge in [0.2, 0.25) is 10.8 Å². The molecule has 70 heavy (non-hydrogen) atoms. The minimum atomic E-state index is -5.89. The van der Waals surface area contributed by atoms with E-state index < -0.39 is 108 Å². The van der Waals surface area contributed by atoms with Crippen LogP contribution in [0.1, 0.15) is 181 Å². The van der Waals surface area contributed by atoms with E-state index in [1.54, 1.807) is 0 Å². The van der Waals surface area contributed by atoms with Crippen molar-refractivity contribution >= 4 is 65.2 Å². The fourth-order valence-electron chi connectivity index (χ4n) is 7.95. The highest BCUT2D eigenvalue weighted by atomic mass is 32.3. The van der Waals surface area contributed by atoms with Crippen molar-refractivity contribution in [3.63, 3.8) is 0 Å². The largest absolute Gasteiger partial charge is 0.478 e. The van der Waals surface area contributed by atoms with Gasteiger partial charge in [-0.1, -0.05) is 155 Å². The van der Waals surface area contributed by atoms with Crippen LogP contribution in [0.5, 0.6) is 0 Å². The molecule has 0 aromatic heterocycles. The first kappa shape index (κ1) is 66.7. The van der Waals surface area contributed by atoms with E-state index >= 15 is 0 Å². The second-order valence-corrected chi connectivity index (χ2v) is 23.1. The molecule has 0 aromatic rings. The van der Waals surface area contributed by atoms with Crippen molar-refractivity contribution in [2.45, 2.75) is 223 Å². The molecule has 1 aliphatic heterocycles. The third-order valence-electron chi connectivity index (χ3n) is 11.3. The van der Waals surface area contributed by atoms with Crippen LogP contribution >= 0.6 is 11.8 Å². The van der Waals surface area contributed by atoms with Crippen LogP contribution in [0, 0.1) is 0 Å². The molecule has 1 rings (SSSR count). The van der Waals surface area contributed by atoms with Crippen molar-refractivity contribution in [1.29, 1.82) is 0 Å². The molecule has 1 fully saturated rings. The Morgan fingerprint density at radius 2 is 1.07 bits per heavy atom. The fraction of sp³-hybridized carbons (Fsp3) is 0.952. The maximum atomic E-state index is 13.3. The van der Waals surface area contributed by atoms with E-state index in [0.717, 1.165) is 71.1 Å². The summed E-state index contributed by atoms with van der Waals surface area (Å²) in [6.45, 7) is 3.92. The number of carbonyl (C=O) groups is 2. The Kier molecular flexibility index (Phi) is 34.1. The first-order valence-corrected chi connectivity index (χ1v) is 30.9. The Morgan fingerprint density at radius 3 is 1.47 bits per heavy atom. The van der Waals surface area contributed by atoms with Crippen LogP contribution in [0.25, 0.3) is 0 Å². The number of thioether (sulfide) groups is 1. The number of ether oxygens (including phenoxy) is 3. The molecule has 0 aromatic carbocycles. The Hall–Kier alpha value is -1.35.